The first-order chi connectivity index (χ1) is 12.8. The maximum absolute atomic E-state index is 12.2. The Labute approximate surface area is 158 Å². The minimum Gasteiger partial charge on any atom is -0.353 e. The van der Waals surface area contributed by atoms with E-state index < -0.39 is 0 Å². The van der Waals surface area contributed by atoms with E-state index in [9.17, 15) is 4.79 Å². The third kappa shape index (κ3) is 6.69. The normalized spacial score (nSPS) is 20.6. The van der Waals surface area contributed by atoms with Crippen molar-refractivity contribution in [2.45, 2.75) is 57.4 Å². The van der Waals surface area contributed by atoms with Crippen LogP contribution in [0, 0.1) is 0 Å². The number of nitrogens with one attached hydrogen (secondary N) is 1. The first-order valence-corrected chi connectivity index (χ1v) is 10.4. The minimum absolute atomic E-state index is 0.247. The molecule has 1 N–H and O–H groups in total. The van der Waals surface area contributed by atoms with Crippen molar-refractivity contribution in [2.75, 3.05) is 39.3 Å². The van der Waals surface area contributed by atoms with Gasteiger partial charge < -0.3 is 15.1 Å². The first kappa shape index (κ1) is 19.3. The molecule has 144 valence electrons. The first-order valence-electron chi connectivity index (χ1n) is 10.4. The second-order valence-electron chi connectivity index (χ2n) is 7.79. The van der Waals surface area contributed by atoms with E-state index in [-0.39, 0.29) is 5.91 Å². The average Bonchev–Trinajstić information content (AvgIpc) is 2.95. The molecule has 2 fully saturated rings. The molecule has 0 bridgehead atoms. The Bertz CT molecular complexity index is 520. The van der Waals surface area contributed by atoms with E-state index in [1.54, 1.807) is 0 Å². The fourth-order valence-corrected chi connectivity index (χ4v) is 4.06. The van der Waals surface area contributed by atoms with Crippen LogP contribution in [0.15, 0.2) is 24.5 Å². The van der Waals surface area contributed by atoms with Gasteiger partial charge in [-0.25, -0.2) is 0 Å². The predicted octanol–water partition coefficient (Wildman–Crippen LogP) is 2.47. The molecule has 3 rings (SSSR count). The van der Waals surface area contributed by atoms with E-state index in [0.29, 0.717) is 12.5 Å². The molecular formula is C21H34N4O. The lowest BCUT2D eigenvalue weighted by molar-refractivity contribution is -0.122. The van der Waals surface area contributed by atoms with Gasteiger partial charge in [0.2, 0.25) is 5.91 Å². The number of amides is 1. The molecule has 5 nitrogen and oxygen atoms in total. The SMILES string of the molecule is O=C(CCN1CCN(CCc2ccncc2)CC1)NC1CCCCCC1. The molecule has 0 spiro atoms. The molecule has 0 unspecified atom stereocenters. The summed E-state index contributed by atoms with van der Waals surface area (Å²) in [4.78, 5) is 21.3. The molecule has 1 saturated carbocycles. The van der Waals surface area contributed by atoms with E-state index in [4.69, 9.17) is 0 Å². The minimum atomic E-state index is 0.247. The predicted molar refractivity (Wildman–Crippen MR) is 105 cm³/mol. The lowest BCUT2D eigenvalue weighted by Crippen LogP contribution is -2.48. The average molecular weight is 359 g/mol. The van der Waals surface area contributed by atoms with Gasteiger partial charge in [0.05, 0.1) is 0 Å². The van der Waals surface area contributed by atoms with Crippen LogP contribution in [0.25, 0.3) is 0 Å². The van der Waals surface area contributed by atoms with Crippen LogP contribution in [0.5, 0.6) is 0 Å². The van der Waals surface area contributed by atoms with E-state index in [1.165, 1.54) is 44.1 Å². The van der Waals surface area contributed by atoms with Crippen molar-refractivity contribution in [1.82, 2.24) is 20.1 Å². The van der Waals surface area contributed by atoms with Gasteiger partial charge in [-0.05, 0) is 37.0 Å². The van der Waals surface area contributed by atoms with Crippen LogP contribution < -0.4 is 5.32 Å². The van der Waals surface area contributed by atoms with Gasteiger partial charge in [0.15, 0.2) is 0 Å². The van der Waals surface area contributed by atoms with Gasteiger partial charge in [0, 0.05) is 64.1 Å². The number of nitrogens with zero attached hydrogens (tertiary/aromatic N) is 3. The molecule has 2 aliphatic rings. The summed E-state index contributed by atoms with van der Waals surface area (Å²) >= 11 is 0. The smallest absolute Gasteiger partial charge is 0.221 e. The van der Waals surface area contributed by atoms with Crippen LogP contribution >= 0.6 is 0 Å². The van der Waals surface area contributed by atoms with Crippen LogP contribution in [-0.4, -0.2) is 66.0 Å². The zero-order valence-corrected chi connectivity index (χ0v) is 16.0. The Kier molecular flexibility index (Phi) is 7.89. The molecule has 1 amide bonds. The molecule has 0 atom stereocenters. The summed E-state index contributed by atoms with van der Waals surface area (Å²) in [6.45, 7) is 6.38. The molecule has 1 aromatic rings. The van der Waals surface area contributed by atoms with Gasteiger partial charge in [-0.2, -0.15) is 0 Å². The molecule has 5 heteroatoms. The fraction of sp³-hybridized carbons (Fsp3) is 0.714. The van der Waals surface area contributed by atoms with Gasteiger partial charge >= 0.3 is 0 Å². The molecule has 26 heavy (non-hydrogen) atoms. The summed E-state index contributed by atoms with van der Waals surface area (Å²) in [5.41, 5.74) is 1.36. The molecule has 1 aliphatic heterocycles. The maximum atomic E-state index is 12.2. The van der Waals surface area contributed by atoms with E-state index in [2.05, 4.69) is 32.2 Å². The lowest BCUT2D eigenvalue weighted by atomic mass is 10.1. The Morgan fingerprint density at radius 3 is 2.23 bits per heavy atom. The number of hydrogen-bond acceptors (Lipinski definition) is 4. The highest BCUT2D eigenvalue weighted by Gasteiger charge is 2.19. The van der Waals surface area contributed by atoms with Gasteiger partial charge in [-0.3, -0.25) is 9.78 Å². The maximum Gasteiger partial charge on any atom is 0.221 e. The van der Waals surface area contributed by atoms with Crippen molar-refractivity contribution in [3.8, 4) is 0 Å². The van der Waals surface area contributed by atoms with Crippen LogP contribution in [0.2, 0.25) is 0 Å². The monoisotopic (exact) mass is 358 g/mol. The van der Waals surface area contributed by atoms with E-state index in [1.807, 2.05) is 12.4 Å². The number of rotatable bonds is 7. The summed E-state index contributed by atoms with van der Waals surface area (Å²) in [6.07, 6.45) is 13.0. The molecule has 1 aliphatic carbocycles. The number of hydrogen-bond donors (Lipinski definition) is 1. The number of piperazine rings is 1. The largest absolute Gasteiger partial charge is 0.353 e. The van der Waals surface area contributed by atoms with Crippen LogP contribution in [-0.2, 0) is 11.2 Å². The van der Waals surface area contributed by atoms with E-state index >= 15 is 0 Å². The van der Waals surface area contributed by atoms with Gasteiger partial charge in [0.1, 0.15) is 0 Å². The van der Waals surface area contributed by atoms with Crippen molar-refractivity contribution < 1.29 is 4.79 Å². The Morgan fingerprint density at radius 1 is 0.962 bits per heavy atom. The molecule has 1 saturated heterocycles. The summed E-state index contributed by atoms with van der Waals surface area (Å²) in [5.74, 6) is 0.247. The third-order valence-corrected chi connectivity index (χ3v) is 5.81. The Hall–Kier alpha value is -1.46. The van der Waals surface area contributed by atoms with Crippen LogP contribution in [0.3, 0.4) is 0 Å². The highest BCUT2D eigenvalue weighted by atomic mass is 16.1. The molecule has 1 aromatic heterocycles. The van der Waals surface area contributed by atoms with E-state index in [0.717, 1.165) is 45.7 Å². The number of pyridine rings is 1. The zero-order chi connectivity index (χ0) is 18.0. The summed E-state index contributed by atoms with van der Waals surface area (Å²) < 4.78 is 0. The van der Waals surface area contributed by atoms with Crippen molar-refractivity contribution in [3.05, 3.63) is 30.1 Å². The Morgan fingerprint density at radius 2 is 1.58 bits per heavy atom. The fourth-order valence-electron chi connectivity index (χ4n) is 4.06. The van der Waals surface area contributed by atoms with Crippen molar-refractivity contribution >= 4 is 5.91 Å². The number of carbonyl (C=O) groups excluding carboxylic acids is 1. The topological polar surface area (TPSA) is 48.5 Å². The van der Waals surface area contributed by atoms with Crippen LogP contribution in [0.4, 0.5) is 0 Å². The summed E-state index contributed by atoms with van der Waals surface area (Å²) in [5, 5.41) is 3.26. The molecule has 0 aromatic carbocycles. The quantitative estimate of drug-likeness (QED) is 0.761. The lowest BCUT2D eigenvalue weighted by Gasteiger charge is -2.34. The van der Waals surface area contributed by atoms with Crippen molar-refractivity contribution in [3.63, 3.8) is 0 Å². The summed E-state index contributed by atoms with van der Waals surface area (Å²) in [6, 6.07) is 4.63. The summed E-state index contributed by atoms with van der Waals surface area (Å²) in [7, 11) is 0. The van der Waals surface area contributed by atoms with Crippen molar-refractivity contribution in [1.29, 1.82) is 0 Å². The Balaban J connectivity index is 1.28. The van der Waals surface area contributed by atoms with Crippen LogP contribution in [0.1, 0.15) is 50.5 Å². The molecule has 0 radical (unpaired) electrons. The number of carbonyl (C=O) groups is 1. The second kappa shape index (κ2) is 10.6. The molecular weight excluding hydrogens is 324 g/mol. The van der Waals surface area contributed by atoms with Gasteiger partial charge in [-0.15, -0.1) is 0 Å². The second-order valence-corrected chi connectivity index (χ2v) is 7.79. The van der Waals surface area contributed by atoms with Crippen molar-refractivity contribution in [2.24, 2.45) is 0 Å². The number of aromatic nitrogens is 1. The third-order valence-electron chi connectivity index (χ3n) is 5.81. The zero-order valence-electron chi connectivity index (χ0n) is 16.0. The van der Waals surface area contributed by atoms with Gasteiger partial charge in [0.25, 0.3) is 0 Å². The van der Waals surface area contributed by atoms with Gasteiger partial charge in [-0.1, -0.05) is 25.7 Å². The molecule has 2 heterocycles. The highest BCUT2D eigenvalue weighted by molar-refractivity contribution is 5.76. The standard InChI is InChI=1S/C21H34N4O/c26-21(23-20-5-3-1-2-4-6-20)10-14-25-17-15-24(16-18-25)13-9-19-7-11-22-12-8-19/h7-8,11-12,20H,1-6,9-10,13-18H2,(H,23,26). The highest BCUT2D eigenvalue weighted by Crippen LogP contribution is 2.17.